The zero-order valence-corrected chi connectivity index (χ0v) is 11.9. The Morgan fingerprint density at radius 1 is 1.17 bits per heavy atom. The van der Waals surface area contributed by atoms with E-state index in [9.17, 15) is 9.59 Å². The van der Waals surface area contributed by atoms with E-state index in [2.05, 4.69) is 41.8 Å². The van der Waals surface area contributed by atoms with Gasteiger partial charge in [0.1, 0.15) is 0 Å². The van der Waals surface area contributed by atoms with Gasteiger partial charge in [0.05, 0.1) is 4.47 Å². The fraction of sp³-hybridized carbons (Fsp3) is 0. The lowest BCUT2D eigenvalue weighted by atomic mass is 10.2. The highest BCUT2D eigenvalue weighted by Crippen LogP contribution is 2.31. The summed E-state index contributed by atoms with van der Waals surface area (Å²) in [4.78, 5) is 27.5. The van der Waals surface area contributed by atoms with Crippen LogP contribution in [0.1, 0.15) is 0 Å². The Balaban J connectivity index is 2.56. The molecule has 7 heteroatoms. The van der Waals surface area contributed by atoms with E-state index in [1.807, 2.05) is 12.1 Å². The van der Waals surface area contributed by atoms with Gasteiger partial charge in [-0.3, -0.25) is 0 Å². The van der Waals surface area contributed by atoms with Crippen molar-refractivity contribution in [2.45, 2.75) is 0 Å². The molecule has 1 aromatic rings. The average molecular weight is 373 g/mol. The van der Waals surface area contributed by atoms with E-state index in [0.717, 1.165) is 14.3 Å². The van der Waals surface area contributed by atoms with Crippen LogP contribution >= 0.6 is 31.9 Å². The first-order chi connectivity index (χ1) is 8.54. The zero-order chi connectivity index (χ0) is 12.9. The van der Waals surface area contributed by atoms with Crippen molar-refractivity contribution >= 4 is 42.8 Å². The number of nitrogens with one attached hydrogen (secondary N) is 2. The van der Waals surface area contributed by atoms with Crippen molar-refractivity contribution in [2.24, 2.45) is 0 Å². The monoisotopic (exact) mass is 371 g/mol. The van der Waals surface area contributed by atoms with Gasteiger partial charge in [-0.2, -0.15) is 14.8 Å². The maximum Gasteiger partial charge on any atom is 0.499 e. The molecule has 2 aliphatic rings. The summed E-state index contributed by atoms with van der Waals surface area (Å²) in [7, 11) is 0. The topological polar surface area (TPSA) is 77.2 Å². The number of hydrogen-bond donors (Lipinski definition) is 1. The van der Waals surface area contributed by atoms with Crippen molar-refractivity contribution in [1.82, 2.24) is 4.98 Å². The van der Waals surface area contributed by atoms with E-state index in [-0.39, 0.29) is 5.89 Å². The molecule has 0 fully saturated rings. The second-order valence-electron chi connectivity index (χ2n) is 3.70. The first-order valence-electron chi connectivity index (χ1n) is 4.93. The molecule has 0 saturated carbocycles. The molecule has 2 N–H and O–H groups in total. The van der Waals surface area contributed by atoms with Crippen molar-refractivity contribution in [3.05, 3.63) is 48.0 Å². The Morgan fingerprint density at radius 2 is 1.94 bits per heavy atom. The predicted octanol–water partition coefficient (Wildman–Crippen LogP) is 1.93. The van der Waals surface area contributed by atoms with E-state index in [1.165, 1.54) is 0 Å². The van der Waals surface area contributed by atoms with Gasteiger partial charge in [0.15, 0.2) is 11.1 Å². The van der Waals surface area contributed by atoms with Gasteiger partial charge in [-0.1, -0.05) is 15.9 Å². The minimum atomic E-state index is -0.594. The molecule has 0 aromatic heterocycles. The van der Waals surface area contributed by atoms with E-state index in [0.29, 0.717) is 11.1 Å². The number of fused-ring (bicyclic) bond motifs is 2. The molecule has 0 radical (unpaired) electrons. The lowest BCUT2D eigenvalue weighted by Crippen LogP contribution is -2.38. The number of rotatable bonds is 0. The Hall–Kier alpha value is -1.47. The first kappa shape index (κ1) is 11.6. The van der Waals surface area contributed by atoms with Crippen LogP contribution < -0.4 is 16.2 Å². The summed E-state index contributed by atoms with van der Waals surface area (Å²) in [6.45, 7) is 0. The molecular weight excluding hydrogens is 368 g/mol. The molecule has 3 rings (SSSR count). The Bertz CT molecular complexity index is 853. The van der Waals surface area contributed by atoms with Crippen LogP contribution in [0.2, 0.25) is 0 Å². The number of aromatic nitrogens is 2. The summed E-state index contributed by atoms with van der Waals surface area (Å²) in [5.41, 5.74) is -0.210. The van der Waals surface area contributed by atoms with E-state index in [4.69, 9.17) is 4.42 Å². The third-order valence-corrected chi connectivity index (χ3v) is 3.53. The lowest BCUT2D eigenvalue weighted by molar-refractivity contribution is -0.403. The van der Waals surface area contributed by atoms with Crippen LogP contribution in [0.3, 0.4) is 0 Å². The van der Waals surface area contributed by atoms with Gasteiger partial charge in [0, 0.05) is 9.86 Å². The number of benzene rings is 1. The summed E-state index contributed by atoms with van der Waals surface area (Å²) < 4.78 is 7.14. The Kier molecular flexibility index (Phi) is 2.60. The van der Waals surface area contributed by atoms with Crippen LogP contribution in [0.25, 0.3) is 22.4 Å². The number of halogens is 2. The molecule has 0 unspecified atom stereocenters. The average Bonchev–Trinajstić information content (AvgIpc) is 2.27. The minimum Gasteiger partial charge on any atom is -0.421 e. The standard InChI is InChI=1S/C11H4Br2N2O3/c12-5-1-4-2-6-9(16)14-11(17)15-10(6)18-8(4)7(13)3-5/h1-3H,(H,14,16,17)/p+1. The van der Waals surface area contributed by atoms with Crippen molar-refractivity contribution in [2.75, 3.05) is 0 Å². The van der Waals surface area contributed by atoms with E-state index in [1.54, 1.807) is 6.07 Å². The highest BCUT2D eigenvalue weighted by Gasteiger charge is 2.19. The smallest absolute Gasteiger partial charge is 0.421 e. The second kappa shape index (κ2) is 4.03. The number of H-pyrrole nitrogens is 2. The van der Waals surface area contributed by atoms with Crippen LogP contribution in [0.5, 0.6) is 0 Å². The van der Waals surface area contributed by atoms with E-state index >= 15 is 0 Å². The van der Waals surface area contributed by atoms with Gasteiger partial charge >= 0.3 is 17.1 Å². The lowest BCUT2D eigenvalue weighted by Gasteiger charge is -2.04. The summed E-state index contributed by atoms with van der Waals surface area (Å²) in [5.74, 6) is 0.152. The maximum atomic E-state index is 11.7. The molecule has 0 aliphatic carbocycles. The van der Waals surface area contributed by atoms with Crippen molar-refractivity contribution < 1.29 is 9.40 Å². The second-order valence-corrected chi connectivity index (χ2v) is 5.47. The molecule has 5 nitrogen and oxygen atoms in total. The molecule has 1 aromatic carbocycles. The molecular formula is C11H5Br2N2O3+. The normalized spacial score (nSPS) is 11.2. The Labute approximate surface area is 116 Å². The molecule has 90 valence electrons. The maximum absolute atomic E-state index is 11.7. The fourth-order valence-electron chi connectivity index (χ4n) is 1.74. The molecule has 18 heavy (non-hydrogen) atoms. The van der Waals surface area contributed by atoms with E-state index < -0.39 is 11.2 Å². The zero-order valence-electron chi connectivity index (χ0n) is 8.71. The quantitative estimate of drug-likeness (QED) is 0.612. The molecule has 0 saturated heterocycles. The van der Waals surface area contributed by atoms with Gasteiger partial charge in [0.2, 0.25) is 0 Å². The number of hydrogen-bond acceptors (Lipinski definition) is 3. The van der Waals surface area contributed by atoms with Gasteiger partial charge in [-0.15, -0.1) is 0 Å². The molecule has 2 heterocycles. The summed E-state index contributed by atoms with van der Waals surface area (Å²) in [6, 6.07) is 5.31. The first-order valence-corrected chi connectivity index (χ1v) is 6.51. The van der Waals surface area contributed by atoms with Crippen LogP contribution in [0, 0.1) is 0 Å². The molecule has 0 bridgehead atoms. The largest absolute Gasteiger partial charge is 0.499 e. The highest BCUT2D eigenvalue weighted by molar-refractivity contribution is 9.11. The molecule has 0 spiro atoms. The van der Waals surface area contributed by atoms with Crippen LogP contribution in [0.15, 0.2) is 41.2 Å². The van der Waals surface area contributed by atoms with Gasteiger partial charge in [-0.25, -0.2) is 4.79 Å². The van der Waals surface area contributed by atoms with Crippen molar-refractivity contribution in [1.29, 1.82) is 0 Å². The predicted molar refractivity (Wildman–Crippen MR) is 71.7 cm³/mol. The summed E-state index contributed by atoms with van der Waals surface area (Å²) in [5, 5.41) is 0.751. The summed E-state index contributed by atoms with van der Waals surface area (Å²) >= 11 is 6.73. The van der Waals surface area contributed by atoms with Gasteiger partial charge in [0.25, 0.3) is 0 Å². The minimum absolute atomic E-state index is 0.152. The molecule has 2 aliphatic heterocycles. The van der Waals surface area contributed by atoms with Crippen LogP contribution in [-0.2, 0) is 0 Å². The molecule has 0 atom stereocenters. The van der Waals surface area contributed by atoms with Gasteiger partial charge < -0.3 is 4.42 Å². The van der Waals surface area contributed by atoms with Crippen LogP contribution in [0.4, 0.5) is 0 Å². The van der Waals surface area contributed by atoms with Gasteiger partial charge in [-0.05, 0) is 34.1 Å². The fourth-order valence-corrected chi connectivity index (χ4v) is 3.08. The highest BCUT2D eigenvalue weighted by atomic mass is 79.9. The van der Waals surface area contributed by atoms with Crippen molar-refractivity contribution in [3.63, 3.8) is 0 Å². The Morgan fingerprint density at radius 3 is 2.72 bits per heavy atom. The summed E-state index contributed by atoms with van der Waals surface area (Å²) in [6.07, 6.45) is 0. The SMILES string of the molecule is O=c1[nH]c(=O)c2cc3cc(Br)cc(Br)c3oc-2[nH+]1. The molecule has 0 amide bonds. The number of aromatic amines is 2. The van der Waals surface area contributed by atoms with Crippen LogP contribution in [-0.4, -0.2) is 4.98 Å². The third kappa shape index (κ3) is 1.79. The third-order valence-electron chi connectivity index (χ3n) is 2.48. The van der Waals surface area contributed by atoms with Crippen molar-refractivity contribution in [3.8, 4) is 11.5 Å².